The number of pyridine rings is 1. The summed E-state index contributed by atoms with van der Waals surface area (Å²) in [5.41, 5.74) is 8.20. The minimum atomic E-state index is -0.163. The van der Waals surface area contributed by atoms with Crippen molar-refractivity contribution in [3.63, 3.8) is 0 Å². The zero-order chi connectivity index (χ0) is 25.0. The van der Waals surface area contributed by atoms with Crippen LogP contribution in [0.15, 0.2) is 29.1 Å². The maximum Gasteiger partial charge on any atom is 0.259 e. The van der Waals surface area contributed by atoms with E-state index in [0.717, 1.165) is 38.9 Å². The molecule has 0 saturated carbocycles. The average molecular weight is 528 g/mol. The molecule has 37 heavy (non-hydrogen) atoms. The Kier molecular flexibility index (Phi) is 6.78. The van der Waals surface area contributed by atoms with Crippen molar-refractivity contribution in [3.05, 3.63) is 45.7 Å². The summed E-state index contributed by atoms with van der Waals surface area (Å²) in [5.74, 6) is 1.88. The number of carbonyl (C=O) groups is 1. The monoisotopic (exact) mass is 527 g/mol. The summed E-state index contributed by atoms with van der Waals surface area (Å²) >= 11 is 0. The Balaban J connectivity index is 0.00000280. The number of rotatable bonds is 6. The van der Waals surface area contributed by atoms with Gasteiger partial charge in [-0.15, -0.1) is 12.4 Å². The molecule has 0 bridgehead atoms. The SMILES string of the molecule is COc1cc2c3c(n(CCCN4CCC(N)CC4)c(=O)c2cc1OC)-c1cc2c(cc1C3=O)OCO2.Cl. The van der Waals surface area contributed by atoms with E-state index in [-0.39, 0.29) is 36.6 Å². The number of likely N-dealkylation sites (tertiary alicyclic amines) is 1. The molecule has 0 atom stereocenters. The van der Waals surface area contributed by atoms with Gasteiger partial charge in [0.15, 0.2) is 28.8 Å². The Morgan fingerprint density at radius 2 is 1.54 bits per heavy atom. The Bertz CT molecular complexity index is 1440. The summed E-state index contributed by atoms with van der Waals surface area (Å²) in [7, 11) is 3.07. The lowest BCUT2D eigenvalue weighted by atomic mass is 10.0. The number of nitrogens with zero attached hydrogens (tertiary/aromatic N) is 2. The number of ether oxygens (including phenoxy) is 4. The van der Waals surface area contributed by atoms with Crippen LogP contribution >= 0.6 is 12.4 Å². The number of ketones is 1. The van der Waals surface area contributed by atoms with Crippen molar-refractivity contribution in [1.29, 1.82) is 0 Å². The van der Waals surface area contributed by atoms with Crippen LogP contribution in [-0.2, 0) is 6.54 Å². The van der Waals surface area contributed by atoms with Crippen molar-refractivity contribution in [2.75, 3.05) is 40.6 Å². The highest BCUT2D eigenvalue weighted by Crippen LogP contribution is 2.46. The van der Waals surface area contributed by atoms with Crippen molar-refractivity contribution in [1.82, 2.24) is 9.47 Å². The summed E-state index contributed by atoms with van der Waals surface area (Å²) < 4.78 is 23.8. The van der Waals surface area contributed by atoms with Crippen molar-refractivity contribution < 1.29 is 23.7 Å². The largest absolute Gasteiger partial charge is 0.493 e. The molecule has 1 aromatic heterocycles. The van der Waals surface area contributed by atoms with Crippen LogP contribution in [0.25, 0.3) is 22.0 Å². The van der Waals surface area contributed by atoms with Gasteiger partial charge in [-0.1, -0.05) is 0 Å². The Hall–Kier alpha value is -3.27. The topological polar surface area (TPSA) is 105 Å². The van der Waals surface area contributed by atoms with Gasteiger partial charge in [-0.25, -0.2) is 0 Å². The highest BCUT2D eigenvalue weighted by molar-refractivity contribution is 6.27. The Morgan fingerprint density at radius 1 is 0.919 bits per heavy atom. The van der Waals surface area contributed by atoms with Crippen LogP contribution in [0.3, 0.4) is 0 Å². The average Bonchev–Trinajstić information content (AvgIpc) is 3.47. The number of methoxy groups -OCH3 is 2. The van der Waals surface area contributed by atoms with Crippen LogP contribution in [0.2, 0.25) is 0 Å². The number of halogens is 1. The van der Waals surface area contributed by atoms with Gasteiger partial charge < -0.3 is 34.1 Å². The smallest absolute Gasteiger partial charge is 0.259 e. The number of aromatic nitrogens is 1. The molecule has 0 radical (unpaired) electrons. The van der Waals surface area contributed by atoms with E-state index in [1.807, 2.05) is 6.07 Å². The summed E-state index contributed by atoms with van der Waals surface area (Å²) in [6.07, 6.45) is 2.75. The van der Waals surface area contributed by atoms with E-state index in [2.05, 4.69) is 4.90 Å². The first-order chi connectivity index (χ1) is 17.5. The minimum absolute atomic E-state index is 0. The second kappa shape index (κ2) is 9.89. The van der Waals surface area contributed by atoms with Gasteiger partial charge in [-0.3, -0.25) is 9.59 Å². The van der Waals surface area contributed by atoms with Crippen molar-refractivity contribution in [3.8, 4) is 34.3 Å². The van der Waals surface area contributed by atoms with Gasteiger partial charge in [0.1, 0.15) is 0 Å². The van der Waals surface area contributed by atoms with Gasteiger partial charge in [0, 0.05) is 29.1 Å². The van der Waals surface area contributed by atoms with Crippen LogP contribution in [0.4, 0.5) is 0 Å². The van der Waals surface area contributed by atoms with Gasteiger partial charge in [0.25, 0.3) is 5.56 Å². The first kappa shape index (κ1) is 25.4. The molecule has 6 rings (SSSR count). The van der Waals surface area contributed by atoms with Crippen molar-refractivity contribution >= 4 is 29.0 Å². The predicted molar refractivity (Wildman–Crippen MR) is 142 cm³/mol. The molecule has 3 aromatic rings. The lowest BCUT2D eigenvalue weighted by Crippen LogP contribution is -2.40. The lowest BCUT2D eigenvalue weighted by molar-refractivity contribution is 0.104. The van der Waals surface area contributed by atoms with Gasteiger partial charge in [-0.2, -0.15) is 0 Å². The molecule has 0 spiro atoms. The van der Waals surface area contributed by atoms with Gasteiger partial charge in [0.05, 0.1) is 30.9 Å². The van der Waals surface area contributed by atoms with Crippen LogP contribution in [-0.4, -0.2) is 61.9 Å². The minimum Gasteiger partial charge on any atom is -0.493 e. The molecule has 2 N–H and O–H groups in total. The van der Waals surface area contributed by atoms with E-state index >= 15 is 0 Å². The molecule has 3 heterocycles. The number of piperidine rings is 1. The number of benzene rings is 2. The van der Waals surface area contributed by atoms with Crippen LogP contribution in [0, 0.1) is 0 Å². The second-order valence-corrected chi connectivity index (χ2v) is 9.55. The van der Waals surface area contributed by atoms with Gasteiger partial charge >= 0.3 is 0 Å². The van der Waals surface area contributed by atoms with E-state index in [0.29, 0.717) is 62.7 Å². The first-order valence-corrected chi connectivity index (χ1v) is 12.3. The van der Waals surface area contributed by atoms with E-state index in [9.17, 15) is 9.59 Å². The molecular weight excluding hydrogens is 498 g/mol. The highest BCUT2D eigenvalue weighted by atomic mass is 35.5. The third kappa shape index (κ3) is 4.11. The first-order valence-electron chi connectivity index (χ1n) is 12.3. The molecule has 196 valence electrons. The highest BCUT2D eigenvalue weighted by Gasteiger charge is 2.35. The van der Waals surface area contributed by atoms with Crippen LogP contribution < -0.4 is 30.2 Å². The molecule has 1 fully saturated rings. The summed E-state index contributed by atoms with van der Waals surface area (Å²) in [6, 6.07) is 7.20. The normalized spacial score (nSPS) is 16.5. The molecule has 3 aliphatic rings. The van der Waals surface area contributed by atoms with E-state index in [4.69, 9.17) is 24.7 Å². The van der Waals surface area contributed by atoms with Crippen LogP contribution in [0.5, 0.6) is 23.0 Å². The van der Waals surface area contributed by atoms with Crippen molar-refractivity contribution in [2.24, 2.45) is 5.73 Å². The molecule has 9 nitrogen and oxygen atoms in total. The van der Waals surface area contributed by atoms with E-state index in [1.54, 1.807) is 22.8 Å². The van der Waals surface area contributed by atoms with Gasteiger partial charge in [0.2, 0.25) is 6.79 Å². The second-order valence-electron chi connectivity index (χ2n) is 9.55. The standard InChI is InChI=1S/C27H29N3O6.ClH/c1-33-20-10-16-19(13-21(20)34-2)27(32)30(7-3-6-29-8-4-15(28)5-9-29)25-17-11-22-23(36-14-35-22)12-18(17)26(31)24(16)25;/h10-13,15H,3-9,14,28H2,1-2H3;1H. The van der Waals surface area contributed by atoms with E-state index < -0.39 is 0 Å². The maximum atomic E-state index is 13.9. The third-order valence-electron chi connectivity index (χ3n) is 7.50. The molecule has 1 aliphatic carbocycles. The fourth-order valence-corrected chi connectivity index (χ4v) is 5.58. The number of hydrogen-bond donors (Lipinski definition) is 1. The molecule has 0 amide bonds. The number of fused-ring (bicyclic) bond motifs is 6. The molecule has 10 heteroatoms. The molecule has 2 aliphatic heterocycles. The number of carbonyl (C=O) groups excluding carboxylic acids is 1. The van der Waals surface area contributed by atoms with Gasteiger partial charge in [-0.05, 0) is 63.2 Å². The third-order valence-corrected chi connectivity index (χ3v) is 7.50. The number of nitrogens with two attached hydrogens (primary N) is 1. The zero-order valence-corrected chi connectivity index (χ0v) is 21.7. The zero-order valence-electron chi connectivity index (χ0n) is 20.9. The fourth-order valence-electron chi connectivity index (χ4n) is 5.58. The maximum absolute atomic E-state index is 13.9. The van der Waals surface area contributed by atoms with Crippen molar-refractivity contribution in [2.45, 2.75) is 31.8 Å². The van der Waals surface area contributed by atoms with Crippen LogP contribution in [0.1, 0.15) is 35.2 Å². The molecule has 0 unspecified atom stereocenters. The molecule has 1 saturated heterocycles. The predicted octanol–water partition coefficient (Wildman–Crippen LogP) is 3.19. The Morgan fingerprint density at radius 3 is 2.19 bits per heavy atom. The Labute approximate surface area is 220 Å². The van der Waals surface area contributed by atoms with E-state index in [1.165, 1.54) is 14.2 Å². The number of hydrogen-bond acceptors (Lipinski definition) is 8. The molecule has 2 aromatic carbocycles. The quantitative estimate of drug-likeness (QED) is 0.407. The summed E-state index contributed by atoms with van der Waals surface area (Å²) in [4.78, 5) is 30.1. The molecular formula is C27H30ClN3O6. The summed E-state index contributed by atoms with van der Waals surface area (Å²) in [6.45, 7) is 3.39. The fraction of sp³-hybridized carbons (Fsp3) is 0.407. The lowest BCUT2D eigenvalue weighted by Gasteiger charge is -2.30. The summed E-state index contributed by atoms with van der Waals surface area (Å²) in [5, 5.41) is 0.980.